The molecule has 114 valence electrons. The maximum Gasteiger partial charge on any atom is 0.336 e. The molecule has 0 spiro atoms. The molecule has 1 heterocycles. The molecule has 3 unspecified atom stereocenters. The van der Waals surface area contributed by atoms with Crippen molar-refractivity contribution in [3.63, 3.8) is 0 Å². The van der Waals surface area contributed by atoms with Gasteiger partial charge in [0, 0.05) is 29.4 Å². The molecule has 5 nitrogen and oxygen atoms in total. The lowest BCUT2D eigenvalue weighted by molar-refractivity contribution is 0.105. The summed E-state index contributed by atoms with van der Waals surface area (Å²) in [6.45, 7) is 2.69. The summed E-state index contributed by atoms with van der Waals surface area (Å²) < 4.78 is 21.4. The van der Waals surface area contributed by atoms with Crippen LogP contribution >= 0.6 is 26.9 Å². The van der Waals surface area contributed by atoms with Crippen molar-refractivity contribution in [1.82, 2.24) is 0 Å². The molecule has 0 amide bonds. The Bertz CT molecular complexity index is 652. The molecular formula is C13H17O5P3. The largest absolute Gasteiger partial charge is 0.491 e. The van der Waals surface area contributed by atoms with Crippen molar-refractivity contribution in [2.24, 2.45) is 0 Å². The summed E-state index contributed by atoms with van der Waals surface area (Å²) in [5.74, 6) is 0.698. The van der Waals surface area contributed by atoms with Crippen LogP contribution in [-0.2, 0) is 9.05 Å². The van der Waals surface area contributed by atoms with E-state index in [1.165, 1.54) is 6.07 Å². The van der Waals surface area contributed by atoms with E-state index < -0.39 is 0 Å². The van der Waals surface area contributed by atoms with Crippen LogP contribution in [0.3, 0.4) is 0 Å². The van der Waals surface area contributed by atoms with Gasteiger partial charge < -0.3 is 18.2 Å². The third-order valence-corrected chi connectivity index (χ3v) is 3.94. The van der Waals surface area contributed by atoms with E-state index in [1.54, 1.807) is 12.1 Å². The van der Waals surface area contributed by atoms with Gasteiger partial charge in [0.15, 0.2) is 0 Å². The second-order valence-corrected chi connectivity index (χ2v) is 5.92. The van der Waals surface area contributed by atoms with Crippen molar-refractivity contribution < 1.29 is 18.2 Å². The SMILES string of the molecule is Cc1cc(=O)oc2ccc(OC[C@@H](COP)OPP)cc12. The van der Waals surface area contributed by atoms with Crippen LogP contribution in [0.5, 0.6) is 5.75 Å². The highest BCUT2D eigenvalue weighted by Crippen LogP contribution is 2.26. The Labute approximate surface area is 129 Å². The lowest BCUT2D eigenvalue weighted by Crippen LogP contribution is -2.23. The number of aryl methyl sites for hydroxylation is 1. The highest BCUT2D eigenvalue weighted by molar-refractivity contribution is 8.00. The maximum absolute atomic E-state index is 11.3. The van der Waals surface area contributed by atoms with Crippen molar-refractivity contribution in [1.29, 1.82) is 0 Å². The highest BCUT2D eigenvalue weighted by atomic mass is 32.0. The molecule has 4 atom stereocenters. The molecule has 0 fully saturated rings. The fourth-order valence-electron chi connectivity index (χ4n) is 1.90. The van der Waals surface area contributed by atoms with Gasteiger partial charge in [-0.15, -0.1) is 0 Å². The Morgan fingerprint density at radius 1 is 1.33 bits per heavy atom. The molecule has 0 saturated carbocycles. The quantitative estimate of drug-likeness (QED) is 0.570. The number of benzene rings is 1. The average Bonchev–Trinajstić information content (AvgIpc) is 2.45. The minimum Gasteiger partial charge on any atom is -0.491 e. The Hall–Kier alpha value is -0.560. The molecule has 0 aliphatic heterocycles. The van der Waals surface area contributed by atoms with E-state index in [-0.39, 0.29) is 11.7 Å². The van der Waals surface area contributed by atoms with Gasteiger partial charge in [-0.05, 0) is 30.7 Å². The van der Waals surface area contributed by atoms with Gasteiger partial charge in [0.2, 0.25) is 0 Å². The van der Waals surface area contributed by atoms with Crippen molar-refractivity contribution in [2.75, 3.05) is 13.2 Å². The lowest BCUT2D eigenvalue weighted by Gasteiger charge is -2.16. The molecule has 8 heteroatoms. The number of rotatable bonds is 7. The van der Waals surface area contributed by atoms with Gasteiger partial charge >= 0.3 is 5.63 Å². The average molecular weight is 346 g/mol. The van der Waals surface area contributed by atoms with Crippen molar-refractivity contribution in [3.8, 4) is 5.75 Å². The third kappa shape index (κ3) is 4.71. The van der Waals surface area contributed by atoms with E-state index in [0.29, 0.717) is 33.0 Å². The van der Waals surface area contributed by atoms with Gasteiger partial charge in [0.25, 0.3) is 0 Å². The summed E-state index contributed by atoms with van der Waals surface area (Å²) >= 11 is 0. The summed E-state index contributed by atoms with van der Waals surface area (Å²) in [6.07, 6.45) is -0.135. The first-order chi connectivity index (χ1) is 10.1. The van der Waals surface area contributed by atoms with Crippen LogP contribution in [0.15, 0.2) is 33.5 Å². The molecule has 1 aromatic carbocycles. The molecule has 0 radical (unpaired) electrons. The first-order valence-corrected chi connectivity index (χ1v) is 9.43. The molecule has 0 aliphatic rings. The fourth-order valence-corrected chi connectivity index (χ4v) is 3.02. The minimum absolute atomic E-state index is 0.135. The van der Waals surface area contributed by atoms with Gasteiger partial charge in [0.05, 0.1) is 6.61 Å². The summed E-state index contributed by atoms with van der Waals surface area (Å²) in [5, 5.41) is 0.861. The second-order valence-electron chi connectivity index (χ2n) is 4.41. The maximum atomic E-state index is 11.3. The van der Waals surface area contributed by atoms with E-state index in [4.69, 9.17) is 18.2 Å². The Kier molecular flexibility index (Phi) is 6.54. The topological polar surface area (TPSA) is 57.9 Å². The van der Waals surface area contributed by atoms with E-state index in [2.05, 4.69) is 18.4 Å². The molecule has 0 aliphatic carbocycles. The van der Waals surface area contributed by atoms with Gasteiger partial charge in [0.1, 0.15) is 24.0 Å². The van der Waals surface area contributed by atoms with Gasteiger partial charge in [-0.25, -0.2) is 4.79 Å². The Morgan fingerprint density at radius 3 is 2.86 bits per heavy atom. The normalized spacial score (nSPS) is 13.1. The molecule has 2 aromatic rings. The van der Waals surface area contributed by atoms with Crippen molar-refractivity contribution >= 4 is 37.9 Å². The van der Waals surface area contributed by atoms with Crippen LogP contribution in [-0.4, -0.2) is 19.3 Å². The van der Waals surface area contributed by atoms with Crippen LogP contribution in [0.25, 0.3) is 11.0 Å². The summed E-state index contributed by atoms with van der Waals surface area (Å²) in [7, 11) is 5.02. The number of hydrogen-bond acceptors (Lipinski definition) is 5. The van der Waals surface area contributed by atoms with Gasteiger partial charge in [-0.3, -0.25) is 0 Å². The van der Waals surface area contributed by atoms with Gasteiger partial charge in [-0.1, -0.05) is 8.93 Å². The molecule has 2 rings (SSSR count). The summed E-state index contributed by atoms with van der Waals surface area (Å²) in [6, 6.07) is 6.83. The van der Waals surface area contributed by atoms with Crippen LogP contribution < -0.4 is 10.4 Å². The standard InChI is InChI=1S/C13H17O5P3/c1-8-4-13(14)17-12-3-2-9(5-11(8)12)15-6-10(7-16-19)18-21-20/h2-5,10,21H,6-7,19-20H2,1H3/t10-/m0/s1. The van der Waals surface area contributed by atoms with Crippen molar-refractivity contribution in [2.45, 2.75) is 13.0 Å². The minimum atomic E-state index is -0.346. The van der Waals surface area contributed by atoms with Crippen LogP contribution in [0.1, 0.15) is 5.56 Å². The predicted octanol–water partition coefficient (Wildman–Crippen LogP) is 3.06. The first-order valence-electron chi connectivity index (χ1n) is 6.24. The third-order valence-electron chi connectivity index (χ3n) is 2.87. The number of hydrogen-bond donors (Lipinski definition) is 0. The molecule has 21 heavy (non-hydrogen) atoms. The lowest BCUT2D eigenvalue weighted by atomic mass is 10.1. The zero-order valence-electron chi connectivity index (χ0n) is 11.5. The van der Waals surface area contributed by atoms with Crippen LogP contribution in [0.2, 0.25) is 0 Å². The van der Waals surface area contributed by atoms with E-state index >= 15 is 0 Å². The number of fused-ring (bicyclic) bond motifs is 1. The number of ether oxygens (including phenoxy) is 1. The van der Waals surface area contributed by atoms with E-state index in [0.717, 1.165) is 10.9 Å². The fraction of sp³-hybridized carbons (Fsp3) is 0.308. The molecule has 0 saturated heterocycles. The second kappa shape index (κ2) is 8.17. The monoisotopic (exact) mass is 346 g/mol. The van der Waals surface area contributed by atoms with E-state index in [9.17, 15) is 4.79 Å². The van der Waals surface area contributed by atoms with Crippen LogP contribution in [0, 0.1) is 6.92 Å². The van der Waals surface area contributed by atoms with Gasteiger partial charge in [-0.2, -0.15) is 0 Å². The van der Waals surface area contributed by atoms with Crippen LogP contribution in [0.4, 0.5) is 0 Å². The molecular weight excluding hydrogens is 329 g/mol. The Balaban J connectivity index is 2.14. The smallest absolute Gasteiger partial charge is 0.336 e. The zero-order valence-corrected chi connectivity index (χ0v) is 14.8. The molecule has 1 aromatic heterocycles. The Morgan fingerprint density at radius 2 is 2.14 bits per heavy atom. The molecule has 0 bridgehead atoms. The predicted molar refractivity (Wildman–Crippen MR) is 91.3 cm³/mol. The first kappa shape index (κ1) is 16.8. The van der Waals surface area contributed by atoms with Crippen molar-refractivity contribution in [3.05, 3.63) is 40.2 Å². The molecule has 0 N–H and O–H groups in total. The summed E-state index contributed by atoms with van der Waals surface area (Å²) in [5.41, 5.74) is 1.07. The van der Waals surface area contributed by atoms with E-state index in [1.807, 2.05) is 13.0 Å². The summed E-state index contributed by atoms with van der Waals surface area (Å²) in [4.78, 5) is 11.3. The highest BCUT2D eigenvalue weighted by Gasteiger charge is 2.10. The zero-order chi connectivity index (χ0) is 15.2.